The number of hydrogen-bond acceptors (Lipinski definition) is 6. The minimum Gasteiger partial charge on any atom is -0.382 e. The van der Waals surface area contributed by atoms with Gasteiger partial charge in [-0.2, -0.15) is 0 Å². The lowest BCUT2D eigenvalue weighted by Gasteiger charge is -2.29. The molecule has 1 aliphatic rings. The van der Waals surface area contributed by atoms with Gasteiger partial charge in [0.05, 0.1) is 0 Å². The number of aromatic nitrogens is 3. The van der Waals surface area contributed by atoms with Crippen LogP contribution < -0.4 is 16.0 Å². The fourth-order valence-electron chi connectivity index (χ4n) is 2.74. The number of rotatable bonds is 4. The standard InChI is InChI=1S/C16H20N6O/c17-14-13(18-7-8-19-14)16(23)21-11-12-5-4-6-20-15(12)22-9-2-1-3-10-22/h4-8H,1-3,9-11H2,(H2,17,19)(H,21,23). The van der Waals surface area contributed by atoms with Gasteiger partial charge in [-0.15, -0.1) is 0 Å². The molecule has 0 spiro atoms. The van der Waals surface area contributed by atoms with Crippen molar-refractivity contribution < 1.29 is 4.79 Å². The zero-order valence-corrected chi connectivity index (χ0v) is 12.9. The summed E-state index contributed by atoms with van der Waals surface area (Å²) in [5.74, 6) is 0.746. The number of anilines is 2. The molecule has 0 atom stereocenters. The third-order valence-corrected chi connectivity index (χ3v) is 3.90. The lowest BCUT2D eigenvalue weighted by molar-refractivity contribution is 0.0946. The number of carbonyl (C=O) groups is 1. The van der Waals surface area contributed by atoms with E-state index >= 15 is 0 Å². The van der Waals surface area contributed by atoms with Crippen LogP contribution in [-0.2, 0) is 6.54 Å². The van der Waals surface area contributed by atoms with E-state index in [-0.39, 0.29) is 17.4 Å². The Balaban J connectivity index is 1.71. The summed E-state index contributed by atoms with van der Waals surface area (Å²) in [6.07, 6.45) is 8.32. The number of piperidine rings is 1. The minimum atomic E-state index is -0.330. The van der Waals surface area contributed by atoms with Crippen LogP contribution in [0.1, 0.15) is 35.3 Å². The molecule has 0 bridgehead atoms. The third kappa shape index (κ3) is 3.56. The zero-order chi connectivity index (χ0) is 16.1. The van der Waals surface area contributed by atoms with Crippen molar-refractivity contribution in [3.8, 4) is 0 Å². The van der Waals surface area contributed by atoms with E-state index in [0.29, 0.717) is 6.54 Å². The summed E-state index contributed by atoms with van der Waals surface area (Å²) in [6, 6.07) is 3.86. The second kappa shape index (κ2) is 7.04. The summed E-state index contributed by atoms with van der Waals surface area (Å²) in [5, 5.41) is 2.85. The molecule has 0 saturated carbocycles. The van der Waals surface area contributed by atoms with Gasteiger partial charge in [-0.1, -0.05) is 6.07 Å². The third-order valence-electron chi connectivity index (χ3n) is 3.90. The average Bonchev–Trinajstić information content (AvgIpc) is 2.61. The van der Waals surface area contributed by atoms with Gasteiger partial charge in [0, 0.05) is 43.8 Å². The molecule has 0 unspecified atom stereocenters. The summed E-state index contributed by atoms with van der Waals surface area (Å²) >= 11 is 0. The summed E-state index contributed by atoms with van der Waals surface area (Å²) in [5.41, 5.74) is 6.82. The zero-order valence-electron chi connectivity index (χ0n) is 12.9. The van der Waals surface area contributed by atoms with E-state index < -0.39 is 0 Å². The maximum Gasteiger partial charge on any atom is 0.273 e. The Hall–Kier alpha value is -2.70. The van der Waals surface area contributed by atoms with Crippen LogP contribution in [0.5, 0.6) is 0 Å². The van der Waals surface area contributed by atoms with E-state index in [2.05, 4.69) is 25.2 Å². The van der Waals surface area contributed by atoms with Crippen molar-refractivity contribution in [3.63, 3.8) is 0 Å². The molecule has 0 aliphatic carbocycles. The second-order valence-electron chi connectivity index (χ2n) is 5.51. The molecule has 7 nitrogen and oxygen atoms in total. The Morgan fingerprint density at radius 1 is 1.13 bits per heavy atom. The van der Waals surface area contributed by atoms with Crippen LogP contribution in [0.15, 0.2) is 30.7 Å². The van der Waals surface area contributed by atoms with Crippen molar-refractivity contribution in [2.24, 2.45) is 0 Å². The molecule has 2 aromatic heterocycles. The predicted molar refractivity (Wildman–Crippen MR) is 87.9 cm³/mol. The van der Waals surface area contributed by atoms with Gasteiger partial charge in [0.25, 0.3) is 5.91 Å². The van der Waals surface area contributed by atoms with E-state index in [0.717, 1.165) is 24.5 Å². The number of hydrogen-bond donors (Lipinski definition) is 2. The first-order valence-corrected chi connectivity index (χ1v) is 7.79. The van der Waals surface area contributed by atoms with Gasteiger partial charge in [0.2, 0.25) is 0 Å². The molecule has 3 rings (SSSR count). The van der Waals surface area contributed by atoms with Crippen LogP contribution >= 0.6 is 0 Å². The van der Waals surface area contributed by atoms with Crippen molar-refractivity contribution >= 4 is 17.5 Å². The Morgan fingerprint density at radius 3 is 2.70 bits per heavy atom. The fraction of sp³-hybridized carbons (Fsp3) is 0.375. The number of nitrogens with zero attached hydrogens (tertiary/aromatic N) is 4. The number of nitrogen functional groups attached to an aromatic ring is 1. The second-order valence-corrected chi connectivity index (χ2v) is 5.51. The Bertz CT molecular complexity index is 684. The quantitative estimate of drug-likeness (QED) is 0.885. The molecule has 120 valence electrons. The molecule has 1 aliphatic heterocycles. The molecular weight excluding hydrogens is 292 g/mol. The van der Waals surface area contributed by atoms with Crippen LogP contribution in [0.25, 0.3) is 0 Å². The van der Waals surface area contributed by atoms with E-state index in [1.165, 1.54) is 31.7 Å². The monoisotopic (exact) mass is 312 g/mol. The highest BCUT2D eigenvalue weighted by atomic mass is 16.1. The Labute approximate surface area is 135 Å². The van der Waals surface area contributed by atoms with Gasteiger partial charge in [-0.25, -0.2) is 15.0 Å². The van der Waals surface area contributed by atoms with E-state index in [4.69, 9.17) is 5.73 Å². The first-order valence-electron chi connectivity index (χ1n) is 7.79. The first-order chi connectivity index (χ1) is 11.3. The summed E-state index contributed by atoms with van der Waals surface area (Å²) in [6.45, 7) is 2.40. The fourth-order valence-corrected chi connectivity index (χ4v) is 2.74. The lowest BCUT2D eigenvalue weighted by atomic mass is 10.1. The predicted octanol–water partition coefficient (Wildman–Crippen LogP) is 1.37. The molecule has 3 N–H and O–H groups in total. The molecule has 0 radical (unpaired) electrons. The molecule has 23 heavy (non-hydrogen) atoms. The van der Waals surface area contributed by atoms with Gasteiger partial charge in [-0.05, 0) is 25.3 Å². The summed E-state index contributed by atoms with van der Waals surface area (Å²) in [7, 11) is 0. The minimum absolute atomic E-state index is 0.132. The van der Waals surface area contributed by atoms with E-state index in [1.807, 2.05) is 12.1 Å². The van der Waals surface area contributed by atoms with Gasteiger partial charge in [0.1, 0.15) is 5.82 Å². The first kappa shape index (κ1) is 15.2. The highest BCUT2D eigenvalue weighted by Crippen LogP contribution is 2.21. The van der Waals surface area contributed by atoms with Crippen molar-refractivity contribution in [2.75, 3.05) is 23.7 Å². The van der Waals surface area contributed by atoms with E-state index in [9.17, 15) is 4.79 Å². The highest BCUT2D eigenvalue weighted by molar-refractivity contribution is 5.96. The summed E-state index contributed by atoms with van der Waals surface area (Å²) in [4.78, 5) is 26.8. The number of nitrogens with one attached hydrogen (secondary N) is 1. The number of amides is 1. The van der Waals surface area contributed by atoms with Gasteiger partial charge in [-0.3, -0.25) is 4.79 Å². The van der Waals surface area contributed by atoms with Gasteiger partial charge < -0.3 is 16.0 Å². The lowest BCUT2D eigenvalue weighted by Crippen LogP contribution is -2.32. The van der Waals surface area contributed by atoms with Crippen LogP contribution in [-0.4, -0.2) is 33.9 Å². The Morgan fingerprint density at radius 2 is 1.91 bits per heavy atom. The largest absolute Gasteiger partial charge is 0.382 e. The average molecular weight is 312 g/mol. The van der Waals surface area contributed by atoms with Crippen LogP contribution in [0.3, 0.4) is 0 Å². The SMILES string of the molecule is Nc1nccnc1C(=O)NCc1cccnc1N1CCCCC1. The van der Waals surface area contributed by atoms with E-state index in [1.54, 1.807) is 6.20 Å². The molecule has 1 saturated heterocycles. The van der Waals surface area contributed by atoms with Crippen molar-refractivity contribution in [1.82, 2.24) is 20.3 Å². The van der Waals surface area contributed by atoms with Crippen LogP contribution in [0, 0.1) is 0 Å². The van der Waals surface area contributed by atoms with Gasteiger partial charge in [0.15, 0.2) is 11.5 Å². The van der Waals surface area contributed by atoms with Gasteiger partial charge >= 0.3 is 0 Å². The van der Waals surface area contributed by atoms with Crippen molar-refractivity contribution in [2.45, 2.75) is 25.8 Å². The summed E-state index contributed by atoms with van der Waals surface area (Å²) < 4.78 is 0. The topological polar surface area (TPSA) is 97.0 Å². The molecule has 1 amide bonds. The molecule has 0 aromatic carbocycles. The highest BCUT2D eigenvalue weighted by Gasteiger charge is 2.17. The maximum absolute atomic E-state index is 12.2. The number of carbonyl (C=O) groups excluding carboxylic acids is 1. The smallest absolute Gasteiger partial charge is 0.273 e. The molecule has 7 heteroatoms. The van der Waals surface area contributed by atoms with Crippen LogP contribution in [0.2, 0.25) is 0 Å². The van der Waals surface area contributed by atoms with Crippen molar-refractivity contribution in [3.05, 3.63) is 42.0 Å². The molecule has 1 fully saturated rings. The van der Waals surface area contributed by atoms with Crippen molar-refractivity contribution in [1.29, 1.82) is 0 Å². The Kier molecular flexibility index (Phi) is 4.65. The van der Waals surface area contributed by atoms with Crippen LogP contribution in [0.4, 0.5) is 11.6 Å². The maximum atomic E-state index is 12.2. The molecule has 3 heterocycles. The molecule has 2 aromatic rings. The number of nitrogens with two attached hydrogens (primary N) is 1. The normalized spacial score (nSPS) is 14.5. The molecular formula is C16H20N6O. The number of pyridine rings is 1.